The first kappa shape index (κ1) is 13.0. The summed E-state index contributed by atoms with van der Waals surface area (Å²) in [7, 11) is 0. The molecule has 0 heterocycles. The summed E-state index contributed by atoms with van der Waals surface area (Å²) in [6, 6.07) is 0.752. The molecule has 0 aromatic rings. The number of rotatable bonds is 6. The molecule has 1 fully saturated rings. The maximum atomic E-state index is 9.13. The molecular formula is C13H27NO. The van der Waals surface area contributed by atoms with Crippen LogP contribution in [0.4, 0.5) is 0 Å². The summed E-state index contributed by atoms with van der Waals surface area (Å²) in [6.07, 6.45) is 6.42. The Morgan fingerprint density at radius 3 is 2.60 bits per heavy atom. The first-order valence-electron chi connectivity index (χ1n) is 6.39. The predicted octanol–water partition coefficient (Wildman–Crippen LogP) is 2.56. The molecule has 2 heteroatoms. The van der Waals surface area contributed by atoms with E-state index in [0.717, 1.165) is 24.9 Å². The maximum absolute atomic E-state index is 9.13. The highest BCUT2D eigenvalue weighted by Gasteiger charge is 2.22. The topological polar surface area (TPSA) is 32.3 Å². The zero-order valence-corrected chi connectivity index (χ0v) is 10.6. The molecule has 2 unspecified atom stereocenters. The van der Waals surface area contributed by atoms with Crippen molar-refractivity contribution in [3.8, 4) is 0 Å². The van der Waals surface area contributed by atoms with Crippen molar-refractivity contribution in [2.45, 2.75) is 58.9 Å². The van der Waals surface area contributed by atoms with Crippen molar-refractivity contribution in [1.82, 2.24) is 5.32 Å². The van der Waals surface area contributed by atoms with Crippen LogP contribution < -0.4 is 5.32 Å². The van der Waals surface area contributed by atoms with E-state index < -0.39 is 0 Å². The predicted molar refractivity (Wildman–Crippen MR) is 64.9 cm³/mol. The summed E-state index contributed by atoms with van der Waals surface area (Å²) < 4.78 is 0. The summed E-state index contributed by atoms with van der Waals surface area (Å²) in [5.74, 6) is 0.857. The molecule has 2 nitrogen and oxygen atoms in total. The van der Waals surface area contributed by atoms with Crippen LogP contribution in [0.1, 0.15) is 52.9 Å². The van der Waals surface area contributed by atoms with E-state index in [1.807, 2.05) is 0 Å². The molecule has 0 amide bonds. The third-order valence-corrected chi connectivity index (χ3v) is 3.73. The summed E-state index contributed by atoms with van der Waals surface area (Å²) in [6.45, 7) is 8.02. The third-order valence-electron chi connectivity index (χ3n) is 3.73. The molecule has 2 atom stereocenters. The number of hydrogen-bond acceptors (Lipinski definition) is 2. The van der Waals surface area contributed by atoms with Crippen molar-refractivity contribution in [1.29, 1.82) is 0 Å². The van der Waals surface area contributed by atoms with Gasteiger partial charge in [0.25, 0.3) is 0 Å². The molecule has 1 aliphatic rings. The van der Waals surface area contributed by atoms with Gasteiger partial charge in [-0.2, -0.15) is 0 Å². The van der Waals surface area contributed by atoms with Crippen LogP contribution in [0.3, 0.4) is 0 Å². The normalized spacial score (nSPS) is 27.2. The van der Waals surface area contributed by atoms with Crippen LogP contribution in [0.25, 0.3) is 0 Å². The van der Waals surface area contributed by atoms with Crippen LogP contribution in [-0.4, -0.2) is 24.3 Å². The van der Waals surface area contributed by atoms with Gasteiger partial charge < -0.3 is 10.4 Å². The minimum atomic E-state index is 0.100. The standard InChI is InChI=1S/C13H27NO/c1-11-6-4-7-12(11)14-9-5-8-13(2,3)10-15/h11-12,14-15H,4-10H2,1-3H3. The summed E-state index contributed by atoms with van der Waals surface area (Å²) in [4.78, 5) is 0. The van der Waals surface area contributed by atoms with Gasteiger partial charge in [-0.3, -0.25) is 0 Å². The second-order valence-electron chi connectivity index (χ2n) is 5.89. The molecule has 1 rings (SSSR count). The van der Waals surface area contributed by atoms with E-state index >= 15 is 0 Å². The van der Waals surface area contributed by atoms with Crippen LogP contribution >= 0.6 is 0 Å². The van der Waals surface area contributed by atoms with Crippen LogP contribution in [0.15, 0.2) is 0 Å². The molecule has 15 heavy (non-hydrogen) atoms. The molecule has 1 aliphatic carbocycles. The van der Waals surface area contributed by atoms with Gasteiger partial charge in [-0.25, -0.2) is 0 Å². The van der Waals surface area contributed by atoms with E-state index in [2.05, 4.69) is 26.1 Å². The molecule has 0 aromatic carbocycles. The Balaban J connectivity index is 2.06. The smallest absolute Gasteiger partial charge is 0.0482 e. The molecule has 0 aliphatic heterocycles. The zero-order valence-electron chi connectivity index (χ0n) is 10.6. The lowest BCUT2D eigenvalue weighted by Crippen LogP contribution is -2.32. The largest absolute Gasteiger partial charge is 0.396 e. The van der Waals surface area contributed by atoms with Gasteiger partial charge in [0.2, 0.25) is 0 Å². The van der Waals surface area contributed by atoms with Gasteiger partial charge >= 0.3 is 0 Å². The van der Waals surface area contributed by atoms with Crippen LogP contribution in [0.5, 0.6) is 0 Å². The van der Waals surface area contributed by atoms with Gasteiger partial charge in [-0.05, 0) is 43.6 Å². The molecule has 0 spiro atoms. The minimum absolute atomic E-state index is 0.100. The Bertz CT molecular complexity index is 179. The van der Waals surface area contributed by atoms with Crippen molar-refractivity contribution < 1.29 is 5.11 Å². The molecule has 90 valence electrons. The second kappa shape index (κ2) is 5.86. The van der Waals surface area contributed by atoms with E-state index in [-0.39, 0.29) is 5.41 Å². The number of nitrogens with one attached hydrogen (secondary N) is 1. The van der Waals surface area contributed by atoms with Gasteiger partial charge in [-0.15, -0.1) is 0 Å². The van der Waals surface area contributed by atoms with Crippen molar-refractivity contribution in [3.05, 3.63) is 0 Å². The summed E-state index contributed by atoms with van der Waals surface area (Å²) >= 11 is 0. The van der Waals surface area contributed by atoms with Crippen LogP contribution in [0.2, 0.25) is 0 Å². The van der Waals surface area contributed by atoms with E-state index in [4.69, 9.17) is 5.11 Å². The first-order chi connectivity index (χ1) is 7.05. The lowest BCUT2D eigenvalue weighted by molar-refractivity contribution is 0.147. The first-order valence-corrected chi connectivity index (χ1v) is 6.39. The average Bonchev–Trinajstić information content (AvgIpc) is 2.59. The molecular weight excluding hydrogens is 186 g/mol. The van der Waals surface area contributed by atoms with Crippen molar-refractivity contribution in [3.63, 3.8) is 0 Å². The second-order valence-corrected chi connectivity index (χ2v) is 5.89. The van der Waals surface area contributed by atoms with Gasteiger partial charge in [-0.1, -0.05) is 27.2 Å². The fourth-order valence-corrected chi connectivity index (χ4v) is 2.38. The Morgan fingerprint density at radius 2 is 2.07 bits per heavy atom. The van der Waals surface area contributed by atoms with Crippen molar-refractivity contribution in [2.24, 2.45) is 11.3 Å². The highest BCUT2D eigenvalue weighted by Crippen LogP contribution is 2.25. The van der Waals surface area contributed by atoms with Gasteiger partial charge in [0.1, 0.15) is 0 Å². The number of hydrogen-bond donors (Lipinski definition) is 2. The lowest BCUT2D eigenvalue weighted by Gasteiger charge is -2.22. The Morgan fingerprint density at radius 1 is 1.33 bits per heavy atom. The average molecular weight is 213 g/mol. The number of aliphatic hydroxyl groups excluding tert-OH is 1. The monoisotopic (exact) mass is 213 g/mol. The van der Waals surface area contributed by atoms with Crippen molar-refractivity contribution >= 4 is 0 Å². The summed E-state index contributed by atoms with van der Waals surface area (Å²) in [5, 5.41) is 12.8. The van der Waals surface area contributed by atoms with Gasteiger partial charge in [0.05, 0.1) is 0 Å². The molecule has 0 aromatic heterocycles. The van der Waals surface area contributed by atoms with E-state index in [1.54, 1.807) is 0 Å². The molecule has 0 radical (unpaired) electrons. The van der Waals surface area contributed by atoms with E-state index in [0.29, 0.717) is 6.61 Å². The molecule has 0 saturated heterocycles. The SMILES string of the molecule is CC1CCCC1NCCCC(C)(C)CO. The highest BCUT2D eigenvalue weighted by molar-refractivity contribution is 4.80. The van der Waals surface area contributed by atoms with Crippen molar-refractivity contribution in [2.75, 3.05) is 13.2 Å². The molecule has 2 N–H and O–H groups in total. The fraction of sp³-hybridized carbons (Fsp3) is 1.00. The number of aliphatic hydroxyl groups is 1. The minimum Gasteiger partial charge on any atom is -0.396 e. The Hall–Kier alpha value is -0.0800. The van der Waals surface area contributed by atoms with E-state index in [9.17, 15) is 0 Å². The van der Waals surface area contributed by atoms with Gasteiger partial charge in [0.15, 0.2) is 0 Å². The summed E-state index contributed by atoms with van der Waals surface area (Å²) in [5.41, 5.74) is 0.100. The molecule has 1 saturated carbocycles. The van der Waals surface area contributed by atoms with Crippen LogP contribution in [0, 0.1) is 11.3 Å². The highest BCUT2D eigenvalue weighted by atomic mass is 16.3. The lowest BCUT2D eigenvalue weighted by atomic mass is 9.89. The van der Waals surface area contributed by atoms with Gasteiger partial charge in [0, 0.05) is 12.6 Å². The maximum Gasteiger partial charge on any atom is 0.0482 e. The third kappa shape index (κ3) is 4.52. The fourth-order valence-electron chi connectivity index (χ4n) is 2.38. The molecule has 0 bridgehead atoms. The van der Waals surface area contributed by atoms with E-state index in [1.165, 1.54) is 25.7 Å². The quantitative estimate of drug-likeness (QED) is 0.665. The Kier molecular flexibility index (Phi) is 5.07. The zero-order chi connectivity index (χ0) is 11.3. The Labute approximate surface area is 94.5 Å². The van der Waals surface area contributed by atoms with Crippen LogP contribution in [-0.2, 0) is 0 Å².